The third kappa shape index (κ3) is 3.45. The minimum Gasteiger partial charge on any atom is -0.508 e. The Labute approximate surface area is 112 Å². The van der Waals surface area contributed by atoms with Gasteiger partial charge in [0, 0.05) is 45.2 Å². The summed E-state index contributed by atoms with van der Waals surface area (Å²) < 4.78 is 5.21. The van der Waals surface area contributed by atoms with Crippen LogP contribution in [0.5, 0.6) is 5.75 Å². The fourth-order valence-corrected chi connectivity index (χ4v) is 2.25. The lowest BCUT2D eigenvalue weighted by Gasteiger charge is -2.35. The Kier molecular flexibility index (Phi) is 4.07. The SMILES string of the molecule is CN(CC1(O)CCOCC1)C(=O)c1ccc(O)cc1. The van der Waals surface area contributed by atoms with Crippen LogP contribution in [0.2, 0.25) is 0 Å². The predicted octanol–water partition coefficient (Wildman–Crippen LogP) is 1.01. The Balaban J connectivity index is 2.00. The zero-order valence-corrected chi connectivity index (χ0v) is 11.0. The summed E-state index contributed by atoms with van der Waals surface area (Å²) >= 11 is 0. The summed E-state index contributed by atoms with van der Waals surface area (Å²) in [4.78, 5) is 13.7. The number of nitrogens with zero attached hydrogens (tertiary/aromatic N) is 1. The molecule has 1 heterocycles. The van der Waals surface area contributed by atoms with Gasteiger partial charge in [-0.2, -0.15) is 0 Å². The third-order valence-corrected chi connectivity index (χ3v) is 3.42. The molecule has 0 spiro atoms. The lowest BCUT2D eigenvalue weighted by atomic mass is 9.93. The van der Waals surface area contributed by atoms with Crippen LogP contribution in [-0.4, -0.2) is 53.4 Å². The second-order valence-electron chi connectivity index (χ2n) is 5.04. The van der Waals surface area contributed by atoms with Gasteiger partial charge in [0.15, 0.2) is 0 Å². The first-order valence-corrected chi connectivity index (χ1v) is 6.35. The van der Waals surface area contributed by atoms with Gasteiger partial charge < -0.3 is 19.8 Å². The second kappa shape index (κ2) is 5.59. The number of benzene rings is 1. The molecule has 0 saturated carbocycles. The number of amides is 1. The first-order valence-electron chi connectivity index (χ1n) is 6.35. The molecular formula is C14H19NO4. The maximum Gasteiger partial charge on any atom is 0.253 e. The minimum absolute atomic E-state index is 0.127. The first-order chi connectivity index (χ1) is 9.00. The molecule has 1 fully saturated rings. The molecular weight excluding hydrogens is 246 g/mol. The molecule has 1 aromatic rings. The van der Waals surface area contributed by atoms with Crippen molar-refractivity contribution in [3.05, 3.63) is 29.8 Å². The Morgan fingerprint density at radius 2 is 1.89 bits per heavy atom. The van der Waals surface area contributed by atoms with E-state index in [1.165, 1.54) is 17.0 Å². The van der Waals surface area contributed by atoms with E-state index >= 15 is 0 Å². The Bertz CT molecular complexity index is 437. The van der Waals surface area contributed by atoms with Gasteiger partial charge in [0.1, 0.15) is 5.75 Å². The minimum atomic E-state index is -0.862. The maximum absolute atomic E-state index is 12.2. The van der Waals surface area contributed by atoms with Crippen LogP contribution in [0.4, 0.5) is 0 Å². The highest BCUT2D eigenvalue weighted by atomic mass is 16.5. The molecule has 1 aliphatic heterocycles. The van der Waals surface area contributed by atoms with Crippen LogP contribution < -0.4 is 0 Å². The molecule has 5 heteroatoms. The summed E-state index contributed by atoms with van der Waals surface area (Å²) in [6.07, 6.45) is 1.08. The molecule has 1 aliphatic rings. The molecule has 19 heavy (non-hydrogen) atoms. The lowest BCUT2D eigenvalue weighted by Crippen LogP contribution is -2.47. The molecule has 1 amide bonds. The predicted molar refractivity (Wildman–Crippen MR) is 70.1 cm³/mol. The molecule has 1 aromatic carbocycles. The van der Waals surface area contributed by atoms with Crippen molar-refractivity contribution < 1.29 is 19.7 Å². The van der Waals surface area contributed by atoms with Crippen molar-refractivity contribution in [2.24, 2.45) is 0 Å². The van der Waals surface area contributed by atoms with Crippen LogP contribution in [-0.2, 0) is 4.74 Å². The van der Waals surface area contributed by atoms with Crippen LogP contribution in [0.1, 0.15) is 23.2 Å². The maximum atomic E-state index is 12.2. The molecule has 5 nitrogen and oxygen atoms in total. The highest BCUT2D eigenvalue weighted by Crippen LogP contribution is 2.22. The van der Waals surface area contributed by atoms with Gasteiger partial charge in [-0.05, 0) is 24.3 Å². The molecule has 0 radical (unpaired) electrons. The monoisotopic (exact) mass is 265 g/mol. The molecule has 0 aliphatic carbocycles. The van der Waals surface area contributed by atoms with Crippen molar-refractivity contribution in [3.8, 4) is 5.75 Å². The van der Waals surface area contributed by atoms with E-state index in [9.17, 15) is 15.0 Å². The van der Waals surface area contributed by atoms with E-state index in [-0.39, 0.29) is 18.2 Å². The van der Waals surface area contributed by atoms with Gasteiger partial charge in [0.05, 0.1) is 5.60 Å². The normalized spacial score (nSPS) is 18.0. The van der Waals surface area contributed by atoms with Crippen LogP contribution in [0.25, 0.3) is 0 Å². The summed E-state index contributed by atoms with van der Waals surface area (Å²) in [7, 11) is 1.67. The molecule has 0 aromatic heterocycles. The molecule has 0 unspecified atom stereocenters. The van der Waals surface area contributed by atoms with Gasteiger partial charge in [0.25, 0.3) is 5.91 Å². The number of ether oxygens (including phenoxy) is 1. The number of phenols is 1. The van der Waals surface area contributed by atoms with Gasteiger partial charge in [-0.25, -0.2) is 0 Å². The van der Waals surface area contributed by atoms with Crippen molar-refractivity contribution in [2.45, 2.75) is 18.4 Å². The van der Waals surface area contributed by atoms with Crippen molar-refractivity contribution in [3.63, 3.8) is 0 Å². The molecule has 0 atom stereocenters. The number of rotatable bonds is 3. The van der Waals surface area contributed by atoms with E-state index in [1.807, 2.05) is 0 Å². The zero-order valence-electron chi connectivity index (χ0n) is 11.0. The highest BCUT2D eigenvalue weighted by molar-refractivity contribution is 5.94. The number of hydrogen-bond donors (Lipinski definition) is 2. The summed E-state index contributed by atoms with van der Waals surface area (Å²) in [5.41, 5.74) is -0.365. The Morgan fingerprint density at radius 3 is 2.47 bits per heavy atom. The molecule has 2 rings (SSSR count). The van der Waals surface area contributed by atoms with Crippen LogP contribution in [0.3, 0.4) is 0 Å². The smallest absolute Gasteiger partial charge is 0.253 e. The summed E-state index contributed by atoms with van der Waals surface area (Å²) in [6, 6.07) is 6.10. The number of likely N-dealkylation sites (N-methyl/N-ethyl adjacent to an activating group) is 1. The highest BCUT2D eigenvalue weighted by Gasteiger charge is 2.32. The molecule has 2 N–H and O–H groups in total. The average Bonchev–Trinajstić information content (AvgIpc) is 2.39. The van der Waals surface area contributed by atoms with Gasteiger partial charge in [-0.3, -0.25) is 4.79 Å². The van der Waals surface area contributed by atoms with Crippen LogP contribution in [0, 0.1) is 0 Å². The standard InChI is InChI=1S/C14H19NO4/c1-15(10-14(18)6-8-19-9-7-14)13(17)11-2-4-12(16)5-3-11/h2-5,16,18H,6-10H2,1H3. The summed E-state index contributed by atoms with van der Waals surface area (Å²) in [5.74, 6) is -0.0397. The largest absolute Gasteiger partial charge is 0.508 e. The molecule has 104 valence electrons. The van der Waals surface area contributed by atoms with Crippen molar-refractivity contribution >= 4 is 5.91 Å². The number of carbonyl (C=O) groups excluding carboxylic acids is 1. The van der Waals surface area contributed by atoms with Gasteiger partial charge >= 0.3 is 0 Å². The van der Waals surface area contributed by atoms with E-state index in [0.29, 0.717) is 31.6 Å². The Hall–Kier alpha value is -1.59. The van der Waals surface area contributed by atoms with Crippen molar-refractivity contribution in [1.82, 2.24) is 4.90 Å². The van der Waals surface area contributed by atoms with E-state index in [2.05, 4.69) is 0 Å². The van der Waals surface area contributed by atoms with E-state index in [0.717, 1.165) is 0 Å². The second-order valence-corrected chi connectivity index (χ2v) is 5.04. The van der Waals surface area contributed by atoms with E-state index in [1.54, 1.807) is 19.2 Å². The van der Waals surface area contributed by atoms with Gasteiger partial charge in [-0.1, -0.05) is 0 Å². The Morgan fingerprint density at radius 1 is 1.32 bits per heavy atom. The average molecular weight is 265 g/mol. The molecule has 0 bridgehead atoms. The van der Waals surface area contributed by atoms with Crippen molar-refractivity contribution in [2.75, 3.05) is 26.8 Å². The number of aliphatic hydroxyl groups is 1. The number of hydrogen-bond acceptors (Lipinski definition) is 4. The molecule has 1 saturated heterocycles. The van der Waals surface area contributed by atoms with Gasteiger partial charge in [0.2, 0.25) is 0 Å². The van der Waals surface area contributed by atoms with Crippen LogP contribution in [0.15, 0.2) is 24.3 Å². The van der Waals surface area contributed by atoms with Crippen molar-refractivity contribution in [1.29, 1.82) is 0 Å². The van der Waals surface area contributed by atoms with Crippen LogP contribution >= 0.6 is 0 Å². The van der Waals surface area contributed by atoms with E-state index < -0.39 is 5.60 Å². The summed E-state index contributed by atoms with van der Waals surface area (Å²) in [6.45, 7) is 1.34. The summed E-state index contributed by atoms with van der Waals surface area (Å²) in [5, 5.41) is 19.6. The zero-order chi connectivity index (χ0) is 13.9. The van der Waals surface area contributed by atoms with Gasteiger partial charge in [-0.15, -0.1) is 0 Å². The number of aromatic hydroxyl groups is 1. The quantitative estimate of drug-likeness (QED) is 0.855. The fraction of sp³-hybridized carbons (Fsp3) is 0.500. The first kappa shape index (κ1) is 13.8. The lowest BCUT2D eigenvalue weighted by molar-refractivity contribution is -0.0734. The third-order valence-electron chi connectivity index (χ3n) is 3.42. The van der Waals surface area contributed by atoms with E-state index in [4.69, 9.17) is 4.74 Å². The number of phenolic OH excluding ortho intramolecular Hbond substituents is 1. The topological polar surface area (TPSA) is 70.0 Å². The number of carbonyl (C=O) groups is 1. The fourth-order valence-electron chi connectivity index (χ4n) is 2.25.